The average Bonchev–Trinajstić information content (AvgIpc) is 2.75. The molecule has 1 heterocycles. The van der Waals surface area contributed by atoms with Crippen LogP contribution in [0.2, 0.25) is 0 Å². The van der Waals surface area contributed by atoms with Gasteiger partial charge in [-0.1, -0.05) is 60.7 Å². The first-order valence-electron chi connectivity index (χ1n) is 9.66. The third kappa shape index (κ3) is 3.99. The molecular formula is C24H26N2O. The summed E-state index contributed by atoms with van der Waals surface area (Å²) in [6, 6.07) is 29.7. The zero-order valence-corrected chi connectivity index (χ0v) is 15.7. The molecule has 3 aromatic rings. The quantitative estimate of drug-likeness (QED) is 0.660. The first kappa shape index (κ1) is 17.6. The molecule has 4 rings (SSSR count). The predicted molar refractivity (Wildman–Crippen MR) is 112 cm³/mol. The van der Waals surface area contributed by atoms with Gasteiger partial charge in [0.05, 0.1) is 11.7 Å². The van der Waals surface area contributed by atoms with Crippen LogP contribution >= 0.6 is 0 Å². The Balaban J connectivity index is 1.62. The van der Waals surface area contributed by atoms with Gasteiger partial charge in [0.1, 0.15) is 5.75 Å². The normalized spacial score (nSPS) is 19.4. The van der Waals surface area contributed by atoms with Gasteiger partial charge in [0.15, 0.2) is 5.75 Å². The van der Waals surface area contributed by atoms with Crippen molar-refractivity contribution in [2.75, 3.05) is 18.5 Å². The SMILES string of the molecule is CN(c1ccccc1Oc1ccccc1)[C@@H]1CCCN[C@@H]1c1ccccc1. The molecule has 1 N–H and O–H groups in total. The topological polar surface area (TPSA) is 24.5 Å². The zero-order valence-electron chi connectivity index (χ0n) is 15.7. The van der Waals surface area contributed by atoms with Gasteiger partial charge in [0.25, 0.3) is 0 Å². The first-order chi connectivity index (χ1) is 13.3. The highest BCUT2D eigenvalue weighted by Crippen LogP contribution is 2.36. The van der Waals surface area contributed by atoms with Crippen LogP contribution in [0.1, 0.15) is 24.4 Å². The number of hydrogen-bond acceptors (Lipinski definition) is 3. The number of anilines is 1. The summed E-state index contributed by atoms with van der Waals surface area (Å²) in [5.41, 5.74) is 2.46. The molecule has 0 amide bonds. The lowest BCUT2D eigenvalue weighted by atomic mass is 9.91. The largest absolute Gasteiger partial charge is 0.455 e. The molecule has 0 saturated carbocycles. The van der Waals surface area contributed by atoms with Crippen LogP contribution in [0.5, 0.6) is 11.5 Å². The van der Waals surface area contributed by atoms with E-state index in [9.17, 15) is 0 Å². The number of piperidine rings is 1. The van der Waals surface area contributed by atoms with Crippen LogP contribution in [-0.2, 0) is 0 Å². The van der Waals surface area contributed by atoms with E-state index in [1.807, 2.05) is 42.5 Å². The maximum atomic E-state index is 6.20. The lowest BCUT2D eigenvalue weighted by Crippen LogP contribution is -2.47. The number of likely N-dealkylation sites (N-methyl/N-ethyl adjacent to an activating group) is 1. The van der Waals surface area contributed by atoms with Crippen molar-refractivity contribution in [3.63, 3.8) is 0 Å². The van der Waals surface area contributed by atoms with E-state index in [0.29, 0.717) is 12.1 Å². The first-order valence-corrected chi connectivity index (χ1v) is 9.66. The molecule has 1 aliphatic heterocycles. The van der Waals surface area contributed by atoms with Gasteiger partial charge in [-0.2, -0.15) is 0 Å². The monoisotopic (exact) mass is 358 g/mol. The average molecular weight is 358 g/mol. The van der Waals surface area contributed by atoms with E-state index < -0.39 is 0 Å². The summed E-state index contributed by atoms with van der Waals surface area (Å²) in [4.78, 5) is 2.38. The molecule has 0 aromatic heterocycles. The van der Waals surface area contributed by atoms with Gasteiger partial charge in [-0.05, 0) is 49.2 Å². The fourth-order valence-corrected chi connectivity index (χ4v) is 3.92. The fourth-order valence-electron chi connectivity index (χ4n) is 3.92. The number of benzene rings is 3. The van der Waals surface area contributed by atoms with Gasteiger partial charge in [-0.3, -0.25) is 0 Å². The Bertz CT molecular complexity index is 851. The van der Waals surface area contributed by atoms with Crippen LogP contribution in [0.15, 0.2) is 84.9 Å². The Morgan fingerprint density at radius 1 is 0.852 bits per heavy atom. The van der Waals surface area contributed by atoms with Gasteiger partial charge in [0, 0.05) is 13.1 Å². The molecule has 1 saturated heterocycles. The number of rotatable bonds is 5. The van der Waals surface area contributed by atoms with Crippen molar-refractivity contribution in [1.82, 2.24) is 5.32 Å². The Kier molecular flexibility index (Phi) is 5.40. The van der Waals surface area contributed by atoms with Crippen molar-refractivity contribution in [2.45, 2.75) is 24.9 Å². The minimum Gasteiger partial charge on any atom is -0.455 e. The number of ether oxygens (including phenoxy) is 1. The van der Waals surface area contributed by atoms with Crippen LogP contribution in [-0.4, -0.2) is 19.6 Å². The van der Waals surface area contributed by atoms with E-state index >= 15 is 0 Å². The van der Waals surface area contributed by atoms with Crippen molar-refractivity contribution in [3.05, 3.63) is 90.5 Å². The van der Waals surface area contributed by atoms with Crippen molar-refractivity contribution in [2.24, 2.45) is 0 Å². The molecule has 3 heteroatoms. The van der Waals surface area contributed by atoms with Gasteiger partial charge < -0.3 is 15.0 Å². The molecule has 2 atom stereocenters. The summed E-state index contributed by atoms with van der Waals surface area (Å²) in [5, 5.41) is 3.72. The summed E-state index contributed by atoms with van der Waals surface area (Å²) in [7, 11) is 2.18. The Morgan fingerprint density at radius 2 is 1.52 bits per heavy atom. The van der Waals surface area contributed by atoms with E-state index in [0.717, 1.165) is 30.2 Å². The third-order valence-corrected chi connectivity index (χ3v) is 5.30. The number of para-hydroxylation sites is 3. The lowest BCUT2D eigenvalue weighted by Gasteiger charge is -2.40. The Labute approximate surface area is 161 Å². The smallest absolute Gasteiger partial charge is 0.150 e. The molecule has 1 aliphatic rings. The van der Waals surface area contributed by atoms with E-state index in [2.05, 4.69) is 59.7 Å². The summed E-state index contributed by atoms with van der Waals surface area (Å²) in [6.07, 6.45) is 2.34. The van der Waals surface area contributed by atoms with Crippen LogP contribution in [0, 0.1) is 0 Å². The Hall–Kier alpha value is -2.78. The standard InChI is InChI=1S/C24H26N2O/c1-26(22-16-10-18-25-24(22)19-11-4-2-5-12-19)21-15-8-9-17-23(21)27-20-13-6-3-7-14-20/h2-9,11-15,17,22,24-25H,10,16,18H2,1H3/t22-,24-/m1/s1. The molecular weight excluding hydrogens is 332 g/mol. The second kappa shape index (κ2) is 8.28. The highest BCUT2D eigenvalue weighted by Gasteiger charge is 2.30. The number of nitrogens with zero attached hydrogens (tertiary/aromatic N) is 1. The van der Waals surface area contributed by atoms with E-state index in [1.165, 1.54) is 12.0 Å². The molecule has 0 aliphatic carbocycles. The van der Waals surface area contributed by atoms with Crippen LogP contribution in [0.3, 0.4) is 0 Å². The highest BCUT2D eigenvalue weighted by atomic mass is 16.5. The molecule has 0 radical (unpaired) electrons. The predicted octanol–water partition coefficient (Wildman–Crippen LogP) is 5.41. The minimum atomic E-state index is 0.315. The van der Waals surface area contributed by atoms with Crippen LogP contribution in [0.25, 0.3) is 0 Å². The number of nitrogens with one attached hydrogen (secondary N) is 1. The summed E-state index contributed by atoms with van der Waals surface area (Å²) >= 11 is 0. The molecule has 0 spiro atoms. The van der Waals surface area contributed by atoms with Gasteiger partial charge in [-0.15, -0.1) is 0 Å². The van der Waals surface area contributed by atoms with Crippen molar-refractivity contribution in [3.8, 4) is 11.5 Å². The van der Waals surface area contributed by atoms with Gasteiger partial charge in [0.2, 0.25) is 0 Å². The molecule has 3 aromatic carbocycles. The molecule has 0 unspecified atom stereocenters. The molecule has 3 nitrogen and oxygen atoms in total. The highest BCUT2D eigenvalue weighted by molar-refractivity contribution is 5.60. The Morgan fingerprint density at radius 3 is 2.30 bits per heavy atom. The molecule has 1 fully saturated rings. The number of hydrogen-bond donors (Lipinski definition) is 1. The van der Waals surface area contributed by atoms with Gasteiger partial charge in [-0.25, -0.2) is 0 Å². The molecule has 0 bridgehead atoms. The van der Waals surface area contributed by atoms with Crippen LogP contribution in [0.4, 0.5) is 5.69 Å². The summed E-state index contributed by atoms with van der Waals surface area (Å²) in [5.74, 6) is 1.75. The maximum Gasteiger partial charge on any atom is 0.150 e. The van der Waals surface area contributed by atoms with E-state index in [-0.39, 0.29) is 0 Å². The molecule has 27 heavy (non-hydrogen) atoms. The fraction of sp³-hybridized carbons (Fsp3) is 0.250. The second-order valence-corrected chi connectivity index (χ2v) is 7.05. The summed E-state index contributed by atoms with van der Waals surface area (Å²) < 4.78 is 6.20. The second-order valence-electron chi connectivity index (χ2n) is 7.05. The third-order valence-electron chi connectivity index (χ3n) is 5.30. The maximum absolute atomic E-state index is 6.20. The van der Waals surface area contributed by atoms with Crippen molar-refractivity contribution >= 4 is 5.69 Å². The van der Waals surface area contributed by atoms with Crippen molar-refractivity contribution in [1.29, 1.82) is 0 Å². The molecule has 138 valence electrons. The van der Waals surface area contributed by atoms with E-state index in [4.69, 9.17) is 4.74 Å². The summed E-state index contributed by atoms with van der Waals surface area (Å²) in [6.45, 7) is 1.06. The van der Waals surface area contributed by atoms with Gasteiger partial charge >= 0.3 is 0 Å². The van der Waals surface area contributed by atoms with E-state index in [1.54, 1.807) is 0 Å². The minimum absolute atomic E-state index is 0.315. The lowest BCUT2D eigenvalue weighted by molar-refractivity contribution is 0.346. The van der Waals surface area contributed by atoms with Crippen LogP contribution < -0.4 is 15.0 Å². The zero-order chi connectivity index (χ0) is 18.5. The van der Waals surface area contributed by atoms with Crippen molar-refractivity contribution < 1.29 is 4.74 Å².